The molecule has 0 bridgehead atoms. The third-order valence-electron chi connectivity index (χ3n) is 2.78. The van der Waals surface area contributed by atoms with E-state index in [1.165, 1.54) is 5.56 Å². The Bertz CT molecular complexity index is 544. The van der Waals surface area contributed by atoms with Crippen LogP contribution in [0.5, 0.6) is 0 Å². The summed E-state index contributed by atoms with van der Waals surface area (Å²) in [6, 6.07) is 5.21. The maximum atomic E-state index is 11.4. The van der Waals surface area contributed by atoms with Crippen molar-refractivity contribution in [1.29, 1.82) is 0 Å². The summed E-state index contributed by atoms with van der Waals surface area (Å²) < 4.78 is 3.51. The van der Waals surface area contributed by atoms with Crippen LogP contribution in [0.2, 0.25) is 0 Å². The normalized spacial score (nSPS) is 10.7. The zero-order valence-electron chi connectivity index (χ0n) is 10.5. The summed E-state index contributed by atoms with van der Waals surface area (Å²) >= 11 is 0. The van der Waals surface area contributed by atoms with Crippen LogP contribution in [0.1, 0.15) is 5.56 Å². The lowest BCUT2D eigenvalue weighted by Crippen LogP contribution is -2.27. The summed E-state index contributed by atoms with van der Waals surface area (Å²) in [5.74, 6) is 0. The summed E-state index contributed by atoms with van der Waals surface area (Å²) in [5, 5.41) is 7.44. The molecule has 0 aliphatic rings. The van der Waals surface area contributed by atoms with Gasteiger partial charge < -0.3 is 9.88 Å². The predicted molar refractivity (Wildman–Crippen MR) is 70.5 cm³/mol. The maximum absolute atomic E-state index is 11.4. The van der Waals surface area contributed by atoms with Crippen LogP contribution >= 0.6 is 0 Å². The van der Waals surface area contributed by atoms with Crippen molar-refractivity contribution in [3.05, 3.63) is 52.7 Å². The van der Waals surface area contributed by atoms with E-state index < -0.39 is 0 Å². The Balaban J connectivity index is 1.68. The first kappa shape index (κ1) is 12.6. The smallest absolute Gasteiger partial charge is 0.250 e. The van der Waals surface area contributed by atoms with Crippen LogP contribution in [0.4, 0.5) is 0 Å². The van der Waals surface area contributed by atoms with E-state index in [0.29, 0.717) is 6.54 Å². The van der Waals surface area contributed by atoms with E-state index in [4.69, 9.17) is 0 Å². The van der Waals surface area contributed by atoms with Gasteiger partial charge in [0.15, 0.2) is 0 Å². The molecule has 0 atom stereocenters. The lowest BCUT2D eigenvalue weighted by molar-refractivity contribution is 0.586. The molecule has 96 valence electrons. The number of nitrogens with zero attached hydrogens (tertiary/aromatic N) is 3. The minimum absolute atomic E-state index is 0.0477. The Morgan fingerprint density at radius 3 is 2.94 bits per heavy atom. The molecule has 0 fully saturated rings. The van der Waals surface area contributed by atoms with E-state index in [1.807, 2.05) is 31.7 Å². The van der Waals surface area contributed by atoms with Gasteiger partial charge >= 0.3 is 0 Å². The summed E-state index contributed by atoms with van der Waals surface area (Å²) in [7, 11) is 1.92. The van der Waals surface area contributed by atoms with Gasteiger partial charge in [0.25, 0.3) is 5.56 Å². The van der Waals surface area contributed by atoms with Crippen LogP contribution in [0.15, 0.2) is 41.6 Å². The van der Waals surface area contributed by atoms with Crippen LogP contribution in [0.25, 0.3) is 0 Å². The van der Waals surface area contributed by atoms with Crippen LogP contribution in [-0.2, 0) is 20.0 Å². The predicted octanol–water partition coefficient (Wildman–Crippen LogP) is 0.414. The summed E-state index contributed by atoms with van der Waals surface area (Å²) in [6.07, 6.45) is 6.66. The Morgan fingerprint density at radius 1 is 1.33 bits per heavy atom. The molecule has 2 aromatic heterocycles. The van der Waals surface area contributed by atoms with Gasteiger partial charge in [-0.15, -0.1) is 0 Å². The Labute approximate surface area is 106 Å². The fourth-order valence-corrected chi connectivity index (χ4v) is 1.80. The lowest BCUT2D eigenvalue weighted by Gasteiger charge is -2.06. The van der Waals surface area contributed by atoms with Crippen molar-refractivity contribution in [2.24, 2.45) is 7.05 Å². The van der Waals surface area contributed by atoms with Gasteiger partial charge in [-0.1, -0.05) is 6.07 Å². The second-order valence-electron chi connectivity index (χ2n) is 4.25. The highest BCUT2D eigenvalue weighted by Gasteiger charge is 1.96. The van der Waals surface area contributed by atoms with Gasteiger partial charge in [-0.05, 0) is 24.6 Å². The van der Waals surface area contributed by atoms with Gasteiger partial charge in [0.1, 0.15) is 0 Å². The van der Waals surface area contributed by atoms with Crippen molar-refractivity contribution < 1.29 is 0 Å². The molecule has 0 saturated carbocycles. The van der Waals surface area contributed by atoms with Crippen LogP contribution in [0, 0.1) is 0 Å². The van der Waals surface area contributed by atoms with Crippen molar-refractivity contribution in [3.63, 3.8) is 0 Å². The highest BCUT2D eigenvalue weighted by Crippen LogP contribution is 1.95. The highest BCUT2D eigenvalue weighted by atomic mass is 16.1. The number of nitrogens with one attached hydrogen (secondary N) is 1. The number of hydrogen-bond acceptors (Lipinski definition) is 3. The van der Waals surface area contributed by atoms with E-state index in [-0.39, 0.29) is 5.56 Å². The van der Waals surface area contributed by atoms with E-state index in [9.17, 15) is 4.79 Å². The number of aromatic nitrogens is 3. The molecular weight excluding hydrogens is 228 g/mol. The zero-order chi connectivity index (χ0) is 12.8. The maximum Gasteiger partial charge on any atom is 0.250 e. The fraction of sp³-hybridized carbons (Fsp3) is 0.385. The summed E-state index contributed by atoms with van der Waals surface area (Å²) in [4.78, 5) is 11.4. The molecule has 2 aromatic rings. The van der Waals surface area contributed by atoms with Crippen molar-refractivity contribution in [1.82, 2.24) is 19.7 Å². The van der Waals surface area contributed by atoms with E-state index in [2.05, 4.69) is 10.4 Å². The second-order valence-corrected chi connectivity index (χ2v) is 4.25. The molecular formula is C13H18N4O. The summed E-state index contributed by atoms with van der Waals surface area (Å²) in [5.41, 5.74) is 1.27. The third kappa shape index (κ3) is 3.56. The largest absolute Gasteiger partial charge is 0.315 e. The second kappa shape index (κ2) is 6.16. The molecule has 2 rings (SSSR count). The number of pyridine rings is 1. The standard InChI is InChI=1S/C13H18N4O/c1-16-11-12(10-15-16)5-6-14-7-9-17-8-3-2-4-13(17)18/h2-4,8,10-11,14H,5-7,9H2,1H3. The molecule has 1 N–H and O–H groups in total. The molecule has 0 aromatic carbocycles. The Kier molecular flexibility index (Phi) is 4.30. The van der Waals surface area contributed by atoms with Gasteiger partial charge in [0.2, 0.25) is 0 Å². The van der Waals surface area contributed by atoms with Gasteiger partial charge in [-0.25, -0.2) is 0 Å². The highest BCUT2D eigenvalue weighted by molar-refractivity contribution is 5.03. The third-order valence-corrected chi connectivity index (χ3v) is 2.78. The molecule has 0 spiro atoms. The zero-order valence-corrected chi connectivity index (χ0v) is 10.5. The monoisotopic (exact) mass is 246 g/mol. The van der Waals surface area contributed by atoms with Crippen LogP contribution in [-0.4, -0.2) is 27.4 Å². The molecule has 0 radical (unpaired) electrons. The van der Waals surface area contributed by atoms with E-state index >= 15 is 0 Å². The van der Waals surface area contributed by atoms with E-state index in [1.54, 1.807) is 21.4 Å². The SMILES string of the molecule is Cn1cc(CCNCCn2ccccc2=O)cn1. The average molecular weight is 246 g/mol. The van der Waals surface area contributed by atoms with Crippen molar-refractivity contribution in [3.8, 4) is 0 Å². The summed E-state index contributed by atoms with van der Waals surface area (Å²) in [6.45, 7) is 2.39. The van der Waals surface area contributed by atoms with Gasteiger partial charge in [0, 0.05) is 38.6 Å². The van der Waals surface area contributed by atoms with E-state index in [0.717, 1.165) is 19.5 Å². The fourth-order valence-electron chi connectivity index (χ4n) is 1.80. The average Bonchev–Trinajstić information content (AvgIpc) is 2.77. The van der Waals surface area contributed by atoms with Crippen LogP contribution < -0.4 is 10.9 Å². The minimum atomic E-state index is 0.0477. The van der Waals surface area contributed by atoms with Crippen LogP contribution in [0.3, 0.4) is 0 Å². The molecule has 2 heterocycles. The van der Waals surface area contributed by atoms with Gasteiger partial charge in [0.05, 0.1) is 6.20 Å². The molecule has 0 amide bonds. The topological polar surface area (TPSA) is 51.9 Å². The van der Waals surface area contributed by atoms with Crippen molar-refractivity contribution in [2.45, 2.75) is 13.0 Å². The first-order chi connectivity index (χ1) is 8.75. The number of aryl methyl sites for hydroxylation is 1. The van der Waals surface area contributed by atoms with Gasteiger partial charge in [-0.2, -0.15) is 5.10 Å². The molecule has 18 heavy (non-hydrogen) atoms. The molecule has 0 aliphatic carbocycles. The number of hydrogen-bond donors (Lipinski definition) is 1. The first-order valence-corrected chi connectivity index (χ1v) is 6.09. The van der Waals surface area contributed by atoms with Crippen molar-refractivity contribution in [2.75, 3.05) is 13.1 Å². The Hall–Kier alpha value is -1.88. The Morgan fingerprint density at radius 2 is 2.22 bits per heavy atom. The first-order valence-electron chi connectivity index (χ1n) is 6.09. The molecule has 5 heteroatoms. The molecule has 0 aliphatic heterocycles. The quantitative estimate of drug-likeness (QED) is 0.751. The molecule has 5 nitrogen and oxygen atoms in total. The van der Waals surface area contributed by atoms with Gasteiger partial charge in [-0.3, -0.25) is 9.48 Å². The van der Waals surface area contributed by atoms with Crippen molar-refractivity contribution >= 4 is 0 Å². The molecule has 0 unspecified atom stereocenters. The lowest BCUT2D eigenvalue weighted by atomic mass is 10.2. The molecule has 0 saturated heterocycles. The number of rotatable bonds is 6. The minimum Gasteiger partial charge on any atom is -0.315 e.